The average Bonchev–Trinajstić information content (AvgIpc) is 2.75. The number of amides is 1. The third-order valence-electron chi connectivity index (χ3n) is 5.22. The highest BCUT2D eigenvalue weighted by Crippen LogP contribution is 2.24. The number of esters is 1. The van der Waals surface area contributed by atoms with Crippen molar-refractivity contribution in [1.29, 1.82) is 0 Å². The Labute approximate surface area is 181 Å². The predicted molar refractivity (Wildman–Crippen MR) is 114 cm³/mol. The number of piperidine rings is 1. The minimum absolute atomic E-state index is 0.143. The fourth-order valence-corrected chi connectivity index (χ4v) is 4.91. The quantitative estimate of drug-likeness (QED) is 0.684. The van der Waals surface area contributed by atoms with E-state index in [1.54, 1.807) is 12.1 Å². The molecule has 1 fully saturated rings. The maximum atomic E-state index is 14.3. The van der Waals surface area contributed by atoms with Gasteiger partial charge >= 0.3 is 5.97 Å². The van der Waals surface area contributed by atoms with Gasteiger partial charge in [0.25, 0.3) is 5.91 Å². The van der Waals surface area contributed by atoms with Crippen LogP contribution in [0.2, 0.25) is 0 Å². The Kier molecular flexibility index (Phi) is 7.07. The second-order valence-corrected chi connectivity index (χ2v) is 9.44. The van der Waals surface area contributed by atoms with Crippen molar-refractivity contribution in [3.8, 4) is 0 Å². The number of aryl methyl sites for hydroxylation is 2. The van der Waals surface area contributed by atoms with E-state index in [0.29, 0.717) is 31.6 Å². The second-order valence-electron chi connectivity index (χ2n) is 7.53. The summed E-state index contributed by atoms with van der Waals surface area (Å²) >= 11 is 0. The van der Waals surface area contributed by atoms with Gasteiger partial charge in [0.05, 0.1) is 5.56 Å². The second kappa shape index (κ2) is 9.57. The number of rotatable bonds is 6. The standard InChI is InChI=1S/C22H25FN2O5S/c1-15-6-8-18(12-16(15)2)24-21(26)14-30-22(27)17-7-9-19(23)20(13-17)31(28,29)25-10-4-3-5-11-25/h6-9,12-13H,3-5,10-11,14H2,1-2H3,(H,24,26). The van der Waals surface area contributed by atoms with E-state index in [2.05, 4.69) is 5.32 Å². The zero-order valence-electron chi connectivity index (χ0n) is 17.5. The van der Waals surface area contributed by atoms with Gasteiger partial charge in [0.2, 0.25) is 10.0 Å². The monoisotopic (exact) mass is 448 g/mol. The fraction of sp³-hybridized carbons (Fsp3) is 0.364. The highest BCUT2D eigenvalue weighted by molar-refractivity contribution is 7.89. The lowest BCUT2D eigenvalue weighted by Crippen LogP contribution is -2.36. The summed E-state index contributed by atoms with van der Waals surface area (Å²) in [6.45, 7) is 3.93. The van der Waals surface area contributed by atoms with Crippen LogP contribution in [0.3, 0.4) is 0 Å². The molecule has 1 amide bonds. The summed E-state index contributed by atoms with van der Waals surface area (Å²) in [4.78, 5) is 23.8. The molecule has 2 aromatic rings. The van der Waals surface area contributed by atoms with E-state index in [1.165, 1.54) is 4.31 Å². The van der Waals surface area contributed by atoms with E-state index in [4.69, 9.17) is 4.74 Å². The Hall–Kier alpha value is -2.78. The number of nitrogens with one attached hydrogen (secondary N) is 1. The van der Waals surface area contributed by atoms with Gasteiger partial charge in [-0.3, -0.25) is 4.79 Å². The van der Waals surface area contributed by atoms with Crippen LogP contribution in [0.5, 0.6) is 0 Å². The summed E-state index contributed by atoms with van der Waals surface area (Å²) in [6, 6.07) is 8.41. The largest absolute Gasteiger partial charge is 0.452 e. The van der Waals surface area contributed by atoms with Gasteiger partial charge < -0.3 is 10.1 Å². The van der Waals surface area contributed by atoms with Crippen molar-refractivity contribution in [3.63, 3.8) is 0 Å². The Balaban J connectivity index is 1.67. The fourth-order valence-electron chi connectivity index (χ4n) is 3.30. The molecule has 0 radical (unpaired) electrons. The Morgan fingerprint density at radius 3 is 2.42 bits per heavy atom. The number of anilines is 1. The molecule has 0 atom stereocenters. The molecule has 166 valence electrons. The molecule has 1 heterocycles. The first-order valence-corrected chi connectivity index (χ1v) is 11.5. The number of hydrogen-bond acceptors (Lipinski definition) is 5. The number of hydrogen-bond donors (Lipinski definition) is 1. The molecule has 0 spiro atoms. The molecular weight excluding hydrogens is 423 g/mol. The van der Waals surface area contributed by atoms with Gasteiger partial charge in [-0.25, -0.2) is 17.6 Å². The van der Waals surface area contributed by atoms with Crippen molar-refractivity contribution in [1.82, 2.24) is 4.31 Å². The first-order valence-electron chi connectivity index (χ1n) is 10.0. The number of halogens is 1. The summed E-state index contributed by atoms with van der Waals surface area (Å²) < 4.78 is 46.0. The van der Waals surface area contributed by atoms with E-state index in [0.717, 1.165) is 35.7 Å². The van der Waals surface area contributed by atoms with Crippen molar-refractivity contribution < 1.29 is 27.1 Å². The normalized spacial score (nSPS) is 14.8. The van der Waals surface area contributed by atoms with Gasteiger partial charge in [0.1, 0.15) is 10.7 Å². The van der Waals surface area contributed by atoms with Crippen LogP contribution in [-0.4, -0.2) is 44.3 Å². The van der Waals surface area contributed by atoms with Crippen LogP contribution < -0.4 is 5.32 Å². The third-order valence-corrected chi connectivity index (χ3v) is 7.14. The van der Waals surface area contributed by atoms with Gasteiger partial charge in [0, 0.05) is 18.8 Å². The maximum Gasteiger partial charge on any atom is 0.338 e. The number of nitrogens with zero attached hydrogens (tertiary/aromatic N) is 1. The van der Waals surface area contributed by atoms with Crippen LogP contribution in [0.4, 0.5) is 10.1 Å². The van der Waals surface area contributed by atoms with Crippen LogP contribution >= 0.6 is 0 Å². The SMILES string of the molecule is Cc1ccc(NC(=O)COC(=O)c2ccc(F)c(S(=O)(=O)N3CCCCC3)c2)cc1C. The Morgan fingerprint density at radius 2 is 1.74 bits per heavy atom. The molecule has 0 aliphatic carbocycles. The number of ether oxygens (including phenoxy) is 1. The van der Waals surface area contributed by atoms with Crippen molar-refractivity contribution in [2.45, 2.75) is 38.0 Å². The van der Waals surface area contributed by atoms with Crippen LogP contribution in [0.25, 0.3) is 0 Å². The van der Waals surface area contributed by atoms with Crippen LogP contribution in [-0.2, 0) is 19.6 Å². The molecule has 2 aromatic carbocycles. The van der Waals surface area contributed by atoms with Gasteiger partial charge in [-0.15, -0.1) is 0 Å². The lowest BCUT2D eigenvalue weighted by molar-refractivity contribution is -0.119. The van der Waals surface area contributed by atoms with E-state index < -0.39 is 39.2 Å². The summed E-state index contributed by atoms with van der Waals surface area (Å²) in [7, 11) is -4.06. The average molecular weight is 449 g/mol. The van der Waals surface area contributed by atoms with Crippen molar-refractivity contribution in [3.05, 3.63) is 58.9 Å². The maximum absolute atomic E-state index is 14.3. The third kappa shape index (κ3) is 5.48. The smallest absolute Gasteiger partial charge is 0.338 e. The lowest BCUT2D eigenvalue weighted by Gasteiger charge is -2.26. The zero-order chi connectivity index (χ0) is 22.6. The molecule has 0 aromatic heterocycles. The number of carbonyl (C=O) groups is 2. The molecule has 0 bridgehead atoms. The summed E-state index contributed by atoms with van der Waals surface area (Å²) in [5.41, 5.74) is 2.51. The van der Waals surface area contributed by atoms with Crippen molar-refractivity contribution in [2.75, 3.05) is 25.0 Å². The molecule has 1 aliphatic heterocycles. The molecule has 0 unspecified atom stereocenters. The molecule has 7 nitrogen and oxygen atoms in total. The highest BCUT2D eigenvalue weighted by Gasteiger charge is 2.29. The molecule has 31 heavy (non-hydrogen) atoms. The Bertz CT molecular complexity index is 1100. The summed E-state index contributed by atoms with van der Waals surface area (Å²) in [6.07, 6.45) is 2.33. The lowest BCUT2D eigenvalue weighted by atomic mass is 10.1. The van der Waals surface area contributed by atoms with Crippen LogP contribution in [0.15, 0.2) is 41.3 Å². The predicted octanol–water partition coefficient (Wildman–Crippen LogP) is 3.41. The van der Waals surface area contributed by atoms with Crippen molar-refractivity contribution in [2.24, 2.45) is 0 Å². The first kappa shape index (κ1) is 22.9. The molecule has 3 rings (SSSR count). The molecule has 1 saturated heterocycles. The minimum Gasteiger partial charge on any atom is -0.452 e. The van der Waals surface area contributed by atoms with Gasteiger partial charge in [-0.2, -0.15) is 4.31 Å². The summed E-state index contributed by atoms with van der Waals surface area (Å²) in [5, 5.41) is 2.63. The number of benzene rings is 2. The van der Waals surface area contributed by atoms with E-state index in [-0.39, 0.29) is 5.56 Å². The van der Waals surface area contributed by atoms with E-state index in [9.17, 15) is 22.4 Å². The van der Waals surface area contributed by atoms with E-state index >= 15 is 0 Å². The summed E-state index contributed by atoms with van der Waals surface area (Å²) in [5.74, 6) is -2.39. The zero-order valence-corrected chi connectivity index (χ0v) is 18.3. The first-order chi connectivity index (χ1) is 14.7. The molecular formula is C22H25FN2O5S. The highest BCUT2D eigenvalue weighted by atomic mass is 32.2. The van der Waals surface area contributed by atoms with Gasteiger partial charge in [-0.05, 0) is 68.1 Å². The molecule has 1 N–H and O–H groups in total. The Morgan fingerprint density at radius 1 is 1.03 bits per heavy atom. The van der Waals surface area contributed by atoms with E-state index in [1.807, 2.05) is 19.9 Å². The number of sulfonamides is 1. The van der Waals surface area contributed by atoms with Gasteiger partial charge in [0.15, 0.2) is 6.61 Å². The topological polar surface area (TPSA) is 92.8 Å². The molecule has 0 saturated carbocycles. The van der Waals surface area contributed by atoms with Crippen molar-refractivity contribution >= 4 is 27.6 Å². The van der Waals surface area contributed by atoms with Crippen LogP contribution in [0.1, 0.15) is 40.7 Å². The molecule has 9 heteroatoms. The minimum atomic E-state index is -4.06. The van der Waals surface area contributed by atoms with Crippen LogP contribution in [0, 0.1) is 19.7 Å². The number of carbonyl (C=O) groups excluding carboxylic acids is 2. The van der Waals surface area contributed by atoms with Gasteiger partial charge in [-0.1, -0.05) is 12.5 Å². The molecule has 1 aliphatic rings.